The molecule has 0 atom stereocenters. The molecule has 6 heavy (non-hydrogen) atoms. The molecule has 0 aromatic rings. The second-order valence-electron chi connectivity index (χ2n) is 0.455. The molecule has 3 heteroatoms. The van der Waals surface area contributed by atoms with E-state index in [0.717, 1.165) is 6.29 Å². The molecule has 0 amide bonds. The molecule has 0 N–H and O–H groups in total. The summed E-state index contributed by atoms with van der Waals surface area (Å²) in [5.41, 5.74) is 0. The van der Waals surface area contributed by atoms with Crippen molar-refractivity contribution >= 4 is 6.29 Å². The van der Waals surface area contributed by atoms with Gasteiger partial charge in [0.25, 0.3) is 0 Å². The Morgan fingerprint density at radius 3 is 1.83 bits per heavy atom. The third-order valence-corrected chi connectivity index (χ3v) is 0.118. The van der Waals surface area contributed by atoms with Gasteiger partial charge in [0, 0.05) is 0 Å². The summed E-state index contributed by atoms with van der Waals surface area (Å²) in [5, 5.41) is 0. The molecule has 0 heterocycles. The summed E-state index contributed by atoms with van der Waals surface area (Å²) in [6.07, 6.45) is 1.15. The fourth-order valence-corrected chi connectivity index (χ4v) is 0. The topological polar surface area (TPSA) is 17.1 Å². The van der Waals surface area contributed by atoms with E-state index in [1.54, 1.807) is 0 Å². The molecule has 0 saturated heterocycles. The maximum Gasteiger partial charge on any atom is 2.00 e. The van der Waals surface area contributed by atoms with Crippen molar-refractivity contribution in [2.24, 2.45) is 0 Å². The number of rotatable bonds is 1. The Labute approximate surface area is 61.0 Å². The molecule has 1 nitrogen and oxygen atoms in total. The van der Waals surface area contributed by atoms with Gasteiger partial charge < -0.3 is 28.7 Å². The summed E-state index contributed by atoms with van der Waals surface area (Å²) < 4.78 is 0. The van der Waals surface area contributed by atoms with E-state index in [2.05, 4.69) is 6.92 Å². The summed E-state index contributed by atoms with van der Waals surface area (Å²) >= 11 is 0. The second-order valence-corrected chi connectivity index (χ2v) is 0.455. The Hall–Kier alpha value is 0.773. The van der Waals surface area contributed by atoms with Gasteiger partial charge in [-0.1, -0.05) is 0 Å². The van der Waals surface area contributed by atoms with Crippen LogP contribution < -0.4 is 17.0 Å². The number of hydrogen-bond donors (Lipinski definition) is 0. The average Bonchev–Trinajstić information content (AvgIpc) is 1.37. The van der Waals surface area contributed by atoms with E-state index in [-0.39, 0.29) is 36.5 Å². The van der Waals surface area contributed by atoms with Crippen LogP contribution in [-0.4, -0.2) is 6.29 Å². The van der Waals surface area contributed by atoms with E-state index >= 15 is 0 Å². The van der Waals surface area contributed by atoms with E-state index in [9.17, 15) is 0 Å². The smallest absolute Gasteiger partial charge is 1.00 e. The van der Waals surface area contributed by atoms with Crippen molar-refractivity contribution in [3.8, 4) is 0 Å². The summed E-state index contributed by atoms with van der Waals surface area (Å²) in [6.45, 7) is 3.24. The van der Waals surface area contributed by atoms with Crippen LogP contribution in [0.25, 0.3) is 0 Å². The fourth-order valence-electron chi connectivity index (χ4n) is 0. The molecule has 0 rings (SSSR count). The van der Waals surface area contributed by atoms with Crippen molar-refractivity contribution in [2.75, 3.05) is 0 Å². The maximum atomic E-state index is 9.11. The first kappa shape index (κ1) is 15.9. The molecule has 0 aliphatic heterocycles. The van der Waals surface area contributed by atoms with Crippen molar-refractivity contribution in [3.05, 3.63) is 6.92 Å². The molecule has 0 saturated carbocycles. The monoisotopic (exact) mass is 200 g/mol. The van der Waals surface area contributed by atoms with Gasteiger partial charge in [0.05, 0.1) is 6.29 Å². The molecule has 0 spiro atoms. The van der Waals surface area contributed by atoms with Gasteiger partial charge in [-0.15, -0.1) is 6.42 Å². The quantitative estimate of drug-likeness (QED) is 0.259. The van der Waals surface area contributed by atoms with Gasteiger partial charge in [-0.2, -0.15) is 0 Å². The first-order valence-electron chi connectivity index (χ1n) is 1.14. The molecule has 0 aromatic heterocycles. The van der Waals surface area contributed by atoms with Crippen molar-refractivity contribution in [1.29, 1.82) is 0 Å². The van der Waals surface area contributed by atoms with Crippen LogP contribution in [0, 0.1) is 6.92 Å². The molecule has 0 aromatic carbocycles. The molecule has 0 aliphatic rings. The van der Waals surface area contributed by atoms with Gasteiger partial charge in [0.2, 0.25) is 0 Å². The van der Waals surface area contributed by atoms with Crippen molar-refractivity contribution < 1.29 is 41.3 Å². The minimum Gasteiger partial charge on any atom is -1.00 e. The molecular formula is C3H5BrOZn. The summed E-state index contributed by atoms with van der Waals surface area (Å²) in [5.74, 6) is 0. The predicted octanol–water partition coefficient (Wildman–Crippen LogP) is -2.59. The Kier molecular flexibility index (Phi) is 45.2. The number of halogens is 1. The van der Waals surface area contributed by atoms with Crippen molar-refractivity contribution in [3.63, 3.8) is 0 Å². The van der Waals surface area contributed by atoms with E-state index in [0.29, 0.717) is 6.42 Å². The maximum absolute atomic E-state index is 9.11. The van der Waals surface area contributed by atoms with E-state index in [1.165, 1.54) is 0 Å². The van der Waals surface area contributed by atoms with Gasteiger partial charge in [-0.3, -0.25) is 0 Å². The summed E-state index contributed by atoms with van der Waals surface area (Å²) in [6, 6.07) is 0. The SMILES string of the molecule is [Br-].[CH2-]CC=O.[Zn+2]. The third-order valence-electron chi connectivity index (χ3n) is 0.118. The fraction of sp³-hybridized carbons (Fsp3) is 0.333. The minimum atomic E-state index is 0. The Morgan fingerprint density at radius 1 is 1.67 bits per heavy atom. The second kappa shape index (κ2) is 17.1. The molecule has 0 fully saturated rings. The van der Waals surface area contributed by atoms with E-state index < -0.39 is 0 Å². The first-order valence-corrected chi connectivity index (χ1v) is 1.14. The van der Waals surface area contributed by atoms with Crippen LogP contribution in [0.3, 0.4) is 0 Å². The van der Waals surface area contributed by atoms with Crippen LogP contribution in [0.15, 0.2) is 0 Å². The Balaban J connectivity index is -0.0000000450. The molecule has 0 radical (unpaired) electrons. The zero-order valence-corrected chi connectivity index (χ0v) is 8.04. The molecule has 0 unspecified atom stereocenters. The van der Waals surface area contributed by atoms with Gasteiger partial charge >= 0.3 is 19.5 Å². The molecule has 32 valence electrons. The number of carbonyl (C=O) groups excluding carboxylic acids is 1. The number of carbonyl (C=O) groups is 1. The van der Waals surface area contributed by atoms with Crippen LogP contribution in [0.2, 0.25) is 0 Å². The predicted molar refractivity (Wildman–Crippen MR) is 16.0 cm³/mol. The zero-order valence-electron chi connectivity index (χ0n) is 3.48. The van der Waals surface area contributed by atoms with Crippen LogP contribution in [0.4, 0.5) is 0 Å². The van der Waals surface area contributed by atoms with Gasteiger partial charge in [0.15, 0.2) is 0 Å². The zero-order chi connectivity index (χ0) is 3.41. The van der Waals surface area contributed by atoms with Gasteiger partial charge in [0.1, 0.15) is 0 Å². The largest absolute Gasteiger partial charge is 2.00 e. The summed E-state index contributed by atoms with van der Waals surface area (Å²) in [7, 11) is 0. The standard InChI is InChI=1S/C3H5O.BrH.Zn/c1-2-3-4;;/h3H,1-2H2;1H;/q-1;;+2/p-1. The molecule has 0 bridgehead atoms. The van der Waals surface area contributed by atoms with Crippen LogP contribution >= 0.6 is 0 Å². The normalized spacial score (nSPS) is 4.17. The van der Waals surface area contributed by atoms with Gasteiger partial charge in [-0.25, -0.2) is 0 Å². The van der Waals surface area contributed by atoms with Gasteiger partial charge in [-0.05, 0) is 0 Å². The first-order chi connectivity index (χ1) is 1.91. The summed E-state index contributed by atoms with van der Waals surface area (Å²) in [4.78, 5) is 9.11. The van der Waals surface area contributed by atoms with Crippen molar-refractivity contribution in [1.82, 2.24) is 0 Å². The van der Waals surface area contributed by atoms with E-state index in [4.69, 9.17) is 4.79 Å². The average molecular weight is 202 g/mol. The Morgan fingerprint density at radius 2 is 1.83 bits per heavy atom. The molecular weight excluding hydrogens is 197 g/mol. The number of hydrogen-bond acceptors (Lipinski definition) is 1. The van der Waals surface area contributed by atoms with Crippen molar-refractivity contribution in [2.45, 2.75) is 6.42 Å². The Bertz CT molecular complexity index is 24.8. The molecule has 0 aliphatic carbocycles. The van der Waals surface area contributed by atoms with Crippen LogP contribution in [0.1, 0.15) is 6.42 Å². The number of aldehydes is 1. The minimum absolute atomic E-state index is 0. The third kappa shape index (κ3) is 21.6. The van der Waals surface area contributed by atoms with Crippen LogP contribution in [-0.2, 0) is 24.3 Å². The van der Waals surface area contributed by atoms with E-state index in [1.807, 2.05) is 0 Å². The van der Waals surface area contributed by atoms with Crippen LogP contribution in [0.5, 0.6) is 0 Å².